The zero-order valence-corrected chi connectivity index (χ0v) is 6.66. The summed E-state index contributed by atoms with van der Waals surface area (Å²) in [5.74, 6) is 0.343. The molecule has 1 rings (SSSR count). The van der Waals surface area contributed by atoms with Crippen LogP contribution in [0.4, 0.5) is 0 Å². The fourth-order valence-corrected chi connectivity index (χ4v) is 1.06. The number of rotatable bonds is 4. The first kappa shape index (κ1) is 7.98. The van der Waals surface area contributed by atoms with E-state index in [2.05, 4.69) is 6.92 Å². The van der Waals surface area contributed by atoms with Crippen LogP contribution in [0.3, 0.4) is 0 Å². The smallest absolute Gasteiger partial charge is 0.161 e. The summed E-state index contributed by atoms with van der Waals surface area (Å²) in [5.41, 5.74) is 0. The Morgan fingerprint density at radius 1 is 1.40 bits per heavy atom. The van der Waals surface area contributed by atoms with Gasteiger partial charge in [0.25, 0.3) is 0 Å². The molecule has 0 aromatic heterocycles. The van der Waals surface area contributed by atoms with Gasteiger partial charge >= 0.3 is 0 Å². The summed E-state index contributed by atoms with van der Waals surface area (Å²) in [6.07, 6.45) is 0.234. The predicted molar refractivity (Wildman–Crippen MR) is 36.7 cm³/mol. The maximum atomic E-state index is 5.09. The van der Waals surface area contributed by atoms with Crippen LogP contribution >= 0.6 is 0 Å². The first-order valence-corrected chi connectivity index (χ1v) is 3.46. The van der Waals surface area contributed by atoms with E-state index in [9.17, 15) is 0 Å². The molecular formula is C7H14O3. The Morgan fingerprint density at radius 3 is 2.20 bits per heavy atom. The van der Waals surface area contributed by atoms with Gasteiger partial charge in [-0.05, 0) is 0 Å². The topological polar surface area (TPSA) is 31.0 Å². The van der Waals surface area contributed by atoms with Gasteiger partial charge < -0.3 is 14.2 Å². The molecule has 1 heterocycles. The van der Waals surface area contributed by atoms with Crippen LogP contribution in [0.5, 0.6) is 0 Å². The van der Waals surface area contributed by atoms with Gasteiger partial charge in [-0.15, -0.1) is 0 Å². The van der Waals surface area contributed by atoms with Crippen LogP contribution in [-0.2, 0) is 14.2 Å². The molecule has 1 saturated heterocycles. The van der Waals surface area contributed by atoms with Crippen molar-refractivity contribution in [1.29, 1.82) is 0 Å². The van der Waals surface area contributed by atoms with E-state index in [0.717, 1.165) is 6.61 Å². The highest BCUT2D eigenvalue weighted by Crippen LogP contribution is 2.24. The van der Waals surface area contributed by atoms with Crippen molar-refractivity contribution in [2.75, 3.05) is 20.8 Å². The number of ether oxygens (including phenoxy) is 3. The number of hydrogen-bond donors (Lipinski definition) is 0. The molecule has 0 aromatic rings. The lowest BCUT2D eigenvalue weighted by atomic mass is 10.1. The van der Waals surface area contributed by atoms with Crippen LogP contribution in [-0.4, -0.2) is 33.2 Å². The van der Waals surface area contributed by atoms with Crippen LogP contribution in [0.1, 0.15) is 6.92 Å². The van der Waals surface area contributed by atoms with Gasteiger partial charge in [0.15, 0.2) is 6.29 Å². The average Bonchev–Trinajstić information content (AvgIpc) is 2.71. The lowest BCUT2D eigenvalue weighted by molar-refractivity contribution is -0.137. The molecule has 3 nitrogen and oxygen atoms in total. The van der Waals surface area contributed by atoms with E-state index in [0.29, 0.717) is 12.0 Å². The van der Waals surface area contributed by atoms with Gasteiger partial charge in [0.2, 0.25) is 0 Å². The minimum Gasteiger partial charge on any atom is -0.373 e. The average molecular weight is 146 g/mol. The normalized spacial score (nSPS) is 27.0. The number of methoxy groups -OCH3 is 2. The Labute approximate surface area is 61.3 Å². The number of hydrogen-bond acceptors (Lipinski definition) is 3. The highest BCUT2D eigenvalue weighted by atomic mass is 16.7. The summed E-state index contributed by atoms with van der Waals surface area (Å²) < 4.78 is 15.2. The van der Waals surface area contributed by atoms with Gasteiger partial charge in [-0.1, -0.05) is 6.92 Å². The molecule has 1 fully saturated rings. The fourth-order valence-electron chi connectivity index (χ4n) is 1.06. The highest BCUT2D eigenvalue weighted by Gasteiger charge is 2.34. The molecule has 1 aliphatic rings. The third-order valence-electron chi connectivity index (χ3n) is 1.84. The second-order valence-corrected chi connectivity index (χ2v) is 2.57. The van der Waals surface area contributed by atoms with Crippen LogP contribution in [0.2, 0.25) is 0 Å². The summed E-state index contributed by atoms with van der Waals surface area (Å²) in [4.78, 5) is 0. The van der Waals surface area contributed by atoms with Gasteiger partial charge in [-0.2, -0.15) is 0 Å². The largest absolute Gasteiger partial charge is 0.373 e. The summed E-state index contributed by atoms with van der Waals surface area (Å²) in [6, 6.07) is 0. The Morgan fingerprint density at radius 2 is 1.90 bits per heavy atom. The summed E-state index contributed by atoms with van der Waals surface area (Å²) in [7, 11) is 3.29. The third-order valence-corrected chi connectivity index (χ3v) is 1.84. The van der Waals surface area contributed by atoms with Gasteiger partial charge in [0.05, 0.1) is 12.7 Å². The Kier molecular flexibility index (Phi) is 2.65. The number of epoxide rings is 1. The molecule has 0 spiro atoms. The van der Waals surface area contributed by atoms with Crippen molar-refractivity contribution in [2.24, 2.45) is 5.92 Å². The maximum Gasteiger partial charge on any atom is 0.161 e. The maximum absolute atomic E-state index is 5.09. The molecule has 2 unspecified atom stereocenters. The molecule has 0 amide bonds. The van der Waals surface area contributed by atoms with Crippen molar-refractivity contribution in [2.45, 2.75) is 19.3 Å². The molecule has 0 N–H and O–H groups in total. The van der Waals surface area contributed by atoms with E-state index < -0.39 is 0 Å². The summed E-state index contributed by atoms with van der Waals surface area (Å²) >= 11 is 0. The Hall–Kier alpha value is -0.120. The second-order valence-electron chi connectivity index (χ2n) is 2.57. The van der Waals surface area contributed by atoms with Crippen molar-refractivity contribution in [1.82, 2.24) is 0 Å². The van der Waals surface area contributed by atoms with Gasteiger partial charge in [-0.3, -0.25) is 0 Å². The fraction of sp³-hybridized carbons (Fsp3) is 1.00. The van der Waals surface area contributed by atoms with E-state index >= 15 is 0 Å². The van der Waals surface area contributed by atoms with Crippen molar-refractivity contribution in [3.63, 3.8) is 0 Å². The first-order valence-electron chi connectivity index (χ1n) is 3.46. The van der Waals surface area contributed by atoms with Crippen LogP contribution in [0.15, 0.2) is 0 Å². The minimum atomic E-state index is -0.118. The lowest BCUT2D eigenvalue weighted by Crippen LogP contribution is -2.26. The summed E-state index contributed by atoms with van der Waals surface area (Å²) in [5, 5.41) is 0. The minimum absolute atomic E-state index is 0.118. The van der Waals surface area contributed by atoms with Crippen molar-refractivity contribution in [3.8, 4) is 0 Å². The Balaban J connectivity index is 2.27. The second kappa shape index (κ2) is 3.32. The molecule has 60 valence electrons. The predicted octanol–water partition coefficient (Wildman–Crippen LogP) is 0.640. The first-order chi connectivity index (χ1) is 4.79. The van der Waals surface area contributed by atoms with Crippen molar-refractivity contribution >= 4 is 0 Å². The quantitative estimate of drug-likeness (QED) is 0.431. The van der Waals surface area contributed by atoms with Gasteiger partial charge in [0.1, 0.15) is 0 Å². The monoisotopic (exact) mass is 146 g/mol. The van der Waals surface area contributed by atoms with E-state index in [1.807, 2.05) is 0 Å². The third kappa shape index (κ3) is 1.68. The van der Waals surface area contributed by atoms with Crippen molar-refractivity contribution < 1.29 is 14.2 Å². The van der Waals surface area contributed by atoms with Gasteiger partial charge in [0, 0.05) is 20.1 Å². The molecule has 2 atom stereocenters. The zero-order chi connectivity index (χ0) is 7.56. The zero-order valence-electron chi connectivity index (χ0n) is 6.66. The van der Waals surface area contributed by atoms with Crippen LogP contribution in [0, 0.1) is 5.92 Å². The molecule has 0 aliphatic carbocycles. The summed E-state index contributed by atoms with van der Waals surface area (Å²) in [6.45, 7) is 2.92. The standard InChI is InChI=1S/C7H14O3/c1-5(6-4-10-6)7(8-2)9-3/h5-7H,4H2,1-3H3. The molecule has 0 radical (unpaired) electrons. The lowest BCUT2D eigenvalue weighted by Gasteiger charge is -2.18. The van der Waals surface area contributed by atoms with E-state index in [4.69, 9.17) is 14.2 Å². The molecule has 3 heteroatoms. The van der Waals surface area contributed by atoms with E-state index in [1.165, 1.54) is 0 Å². The van der Waals surface area contributed by atoms with E-state index in [1.54, 1.807) is 14.2 Å². The molecule has 0 aromatic carbocycles. The van der Waals surface area contributed by atoms with Crippen molar-refractivity contribution in [3.05, 3.63) is 0 Å². The molecule has 1 aliphatic heterocycles. The van der Waals surface area contributed by atoms with E-state index in [-0.39, 0.29) is 6.29 Å². The van der Waals surface area contributed by atoms with Crippen LogP contribution < -0.4 is 0 Å². The molecule has 10 heavy (non-hydrogen) atoms. The van der Waals surface area contributed by atoms with Gasteiger partial charge in [-0.25, -0.2) is 0 Å². The van der Waals surface area contributed by atoms with Crippen LogP contribution in [0.25, 0.3) is 0 Å². The molecular weight excluding hydrogens is 132 g/mol. The highest BCUT2D eigenvalue weighted by molar-refractivity contribution is 4.77. The molecule has 0 saturated carbocycles. The Bertz CT molecular complexity index is 97.0. The molecule has 0 bridgehead atoms. The SMILES string of the molecule is COC(OC)C(C)C1CO1.